The summed E-state index contributed by atoms with van der Waals surface area (Å²) in [5.74, 6) is -1.24. The van der Waals surface area contributed by atoms with Gasteiger partial charge in [-0.05, 0) is 31.0 Å². The van der Waals surface area contributed by atoms with Crippen molar-refractivity contribution in [3.63, 3.8) is 0 Å². The molecule has 0 radical (unpaired) electrons. The number of carbonyl (C=O) groups excluding carboxylic acids is 1. The highest BCUT2D eigenvalue weighted by Crippen LogP contribution is 2.06. The molecule has 0 amide bonds. The summed E-state index contributed by atoms with van der Waals surface area (Å²) in [7, 11) is 0. The minimum Gasteiger partial charge on any atom is -0.478 e. The van der Waals surface area contributed by atoms with Gasteiger partial charge in [-0.2, -0.15) is 0 Å². The average molecular weight is 265 g/mol. The Morgan fingerprint density at radius 2 is 2.11 bits per heavy atom. The van der Waals surface area contributed by atoms with Gasteiger partial charge in [-0.25, -0.2) is 4.79 Å². The van der Waals surface area contributed by atoms with Gasteiger partial charge < -0.3 is 15.2 Å². The maximum Gasteiger partial charge on any atom is 0.335 e. The van der Waals surface area contributed by atoms with Gasteiger partial charge in [-0.3, -0.25) is 4.79 Å². The molecule has 19 heavy (non-hydrogen) atoms. The quantitative estimate of drug-likeness (QED) is 0.735. The number of hydrogen-bond donors (Lipinski definition) is 2. The molecule has 104 valence electrons. The van der Waals surface area contributed by atoms with Gasteiger partial charge in [-0.15, -0.1) is 0 Å². The highest BCUT2D eigenvalue weighted by Gasteiger charge is 2.16. The lowest BCUT2D eigenvalue weighted by Gasteiger charge is -2.15. The Morgan fingerprint density at radius 1 is 1.37 bits per heavy atom. The van der Waals surface area contributed by atoms with E-state index in [9.17, 15) is 9.59 Å². The molecule has 0 aliphatic rings. The van der Waals surface area contributed by atoms with Crippen LogP contribution in [0.5, 0.6) is 0 Å². The molecule has 2 N–H and O–H groups in total. The molecular formula is C14H19NO4. The van der Waals surface area contributed by atoms with Crippen molar-refractivity contribution in [1.29, 1.82) is 0 Å². The molecule has 0 aliphatic carbocycles. The number of nitrogens with one attached hydrogen (secondary N) is 1. The molecule has 1 unspecified atom stereocenters. The van der Waals surface area contributed by atoms with Gasteiger partial charge in [0.15, 0.2) is 0 Å². The largest absolute Gasteiger partial charge is 0.478 e. The van der Waals surface area contributed by atoms with E-state index in [0.29, 0.717) is 19.6 Å². The summed E-state index contributed by atoms with van der Waals surface area (Å²) in [6, 6.07) is 6.26. The van der Waals surface area contributed by atoms with E-state index in [-0.39, 0.29) is 17.6 Å². The Morgan fingerprint density at radius 3 is 2.68 bits per heavy atom. The second-order valence-corrected chi connectivity index (χ2v) is 4.10. The van der Waals surface area contributed by atoms with Crippen molar-refractivity contribution in [2.75, 3.05) is 6.61 Å². The monoisotopic (exact) mass is 265 g/mol. The molecule has 0 bridgehead atoms. The Bertz CT molecular complexity index is 445. The smallest absolute Gasteiger partial charge is 0.335 e. The molecule has 0 spiro atoms. The molecule has 1 aromatic carbocycles. The lowest BCUT2D eigenvalue weighted by atomic mass is 10.1. The maximum atomic E-state index is 11.6. The van der Waals surface area contributed by atoms with Gasteiger partial charge in [-0.1, -0.05) is 19.1 Å². The number of carboxylic acids is 1. The Labute approximate surface area is 112 Å². The van der Waals surface area contributed by atoms with Crippen LogP contribution in [0.3, 0.4) is 0 Å². The first-order valence-electron chi connectivity index (χ1n) is 6.30. The number of aromatic carboxylic acids is 1. The van der Waals surface area contributed by atoms with Crippen LogP contribution in [-0.2, 0) is 16.1 Å². The molecule has 0 heterocycles. The van der Waals surface area contributed by atoms with Crippen LogP contribution in [0.15, 0.2) is 24.3 Å². The van der Waals surface area contributed by atoms with E-state index in [4.69, 9.17) is 9.84 Å². The van der Waals surface area contributed by atoms with Crippen molar-refractivity contribution in [1.82, 2.24) is 5.32 Å². The van der Waals surface area contributed by atoms with E-state index in [1.807, 2.05) is 13.0 Å². The Hall–Kier alpha value is -1.88. The second-order valence-electron chi connectivity index (χ2n) is 4.10. The van der Waals surface area contributed by atoms with Gasteiger partial charge in [0.2, 0.25) is 0 Å². The van der Waals surface area contributed by atoms with Gasteiger partial charge in [0.25, 0.3) is 0 Å². The van der Waals surface area contributed by atoms with Gasteiger partial charge in [0.05, 0.1) is 12.2 Å². The molecule has 0 fully saturated rings. The summed E-state index contributed by atoms with van der Waals surface area (Å²) < 4.78 is 4.95. The van der Waals surface area contributed by atoms with Crippen molar-refractivity contribution in [2.45, 2.75) is 32.9 Å². The van der Waals surface area contributed by atoms with E-state index < -0.39 is 5.97 Å². The van der Waals surface area contributed by atoms with Gasteiger partial charge in [0.1, 0.15) is 6.04 Å². The fourth-order valence-corrected chi connectivity index (χ4v) is 1.69. The zero-order valence-corrected chi connectivity index (χ0v) is 11.2. The molecule has 0 aromatic heterocycles. The van der Waals surface area contributed by atoms with Crippen molar-refractivity contribution < 1.29 is 19.4 Å². The van der Waals surface area contributed by atoms with Crippen LogP contribution in [0, 0.1) is 0 Å². The number of esters is 1. The van der Waals surface area contributed by atoms with Crippen molar-refractivity contribution >= 4 is 11.9 Å². The van der Waals surface area contributed by atoms with Gasteiger partial charge >= 0.3 is 11.9 Å². The molecule has 1 atom stereocenters. The first-order chi connectivity index (χ1) is 9.08. The number of benzene rings is 1. The van der Waals surface area contributed by atoms with Crippen LogP contribution in [0.25, 0.3) is 0 Å². The predicted molar refractivity (Wildman–Crippen MR) is 71.0 cm³/mol. The molecule has 5 heteroatoms. The minimum atomic E-state index is -0.959. The van der Waals surface area contributed by atoms with Crippen LogP contribution in [-0.4, -0.2) is 29.7 Å². The van der Waals surface area contributed by atoms with Crippen LogP contribution >= 0.6 is 0 Å². The standard InChI is InChI=1S/C14H19NO4/c1-3-12(14(18)19-4-2)15-9-10-6-5-7-11(8-10)13(16)17/h5-8,12,15H,3-4,9H2,1-2H3,(H,16,17). The summed E-state index contributed by atoms with van der Waals surface area (Å²) in [5, 5.41) is 12.0. The topological polar surface area (TPSA) is 75.6 Å². The highest BCUT2D eigenvalue weighted by molar-refractivity contribution is 5.87. The number of carbonyl (C=O) groups is 2. The molecule has 5 nitrogen and oxygen atoms in total. The zero-order valence-electron chi connectivity index (χ0n) is 11.2. The van der Waals surface area contributed by atoms with Crippen molar-refractivity contribution in [3.8, 4) is 0 Å². The lowest BCUT2D eigenvalue weighted by Crippen LogP contribution is -2.37. The van der Waals surface area contributed by atoms with E-state index in [0.717, 1.165) is 5.56 Å². The third kappa shape index (κ3) is 4.71. The molecule has 0 aliphatic heterocycles. The SMILES string of the molecule is CCOC(=O)C(CC)NCc1cccc(C(=O)O)c1. The number of ether oxygens (including phenoxy) is 1. The minimum absolute atomic E-state index is 0.239. The van der Waals surface area contributed by atoms with E-state index in [1.165, 1.54) is 6.07 Å². The fraction of sp³-hybridized carbons (Fsp3) is 0.429. The summed E-state index contributed by atoms with van der Waals surface area (Å²) in [6.45, 7) is 4.44. The Kier molecular flexibility index (Phi) is 6.02. The maximum absolute atomic E-state index is 11.6. The first kappa shape index (κ1) is 15.2. The van der Waals surface area contributed by atoms with Crippen LogP contribution in [0.4, 0.5) is 0 Å². The predicted octanol–water partition coefficient (Wildman–Crippen LogP) is 1.82. The van der Waals surface area contributed by atoms with Crippen molar-refractivity contribution in [3.05, 3.63) is 35.4 Å². The zero-order chi connectivity index (χ0) is 14.3. The van der Waals surface area contributed by atoms with Crippen LogP contribution < -0.4 is 5.32 Å². The summed E-state index contributed by atoms with van der Waals surface area (Å²) in [4.78, 5) is 22.4. The van der Waals surface area contributed by atoms with E-state index in [2.05, 4.69) is 5.32 Å². The van der Waals surface area contributed by atoms with Crippen molar-refractivity contribution in [2.24, 2.45) is 0 Å². The molecule has 1 rings (SSSR count). The normalized spacial score (nSPS) is 11.9. The highest BCUT2D eigenvalue weighted by atomic mass is 16.5. The third-order valence-electron chi connectivity index (χ3n) is 2.71. The lowest BCUT2D eigenvalue weighted by molar-refractivity contribution is -0.145. The first-order valence-corrected chi connectivity index (χ1v) is 6.30. The van der Waals surface area contributed by atoms with Crippen LogP contribution in [0.1, 0.15) is 36.2 Å². The summed E-state index contributed by atoms with van der Waals surface area (Å²) >= 11 is 0. The van der Waals surface area contributed by atoms with E-state index >= 15 is 0 Å². The second kappa shape index (κ2) is 7.53. The molecule has 0 saturated carbocycles. The number of hydrogen-bond acceptors (Lipinski definition) is 4. The van der Waals surface area contributed by atoms with Gasteiger partial charge in [0, 0.05) is 6.54 Å². The summed E-state index contributed by atoms with van der Waals surface area (Å²) in [5.41, 5.74) is 1.06. The molecular weight excluding hydrogens is 246 g/mol. The number of rotatable bonds is 7. The fourth-order valence-electron chi connectivity index (χ4n) is 1.69. The Balaban J connectivity index is 2.62. The molecule has 0 saturated heterocycles. The summed E-state index contributed by atoms with van der Waals surface area (Å²) in [6.07, 6.45) is 0.622. The third-order valence-corrected chi connectivity index (χ3v) is 2.71. The molecule has 1 aromatic rings. The van der Waals surface area contributed by atoms with Crippen LogP contribution in [0.2, 0.25) is 0 Å². The van der Waals surface area contributed by atoms with E-state index in [1.54, 1.807) is 19.1 Å². The average Bonchev–Trinajstić information content (AvgIpc) is 2.40. The number of carboxylic acid groups (broad SMARTS) is 1.